The van der Waals surface area contributed by atoms with Crippen molar-refractivity contribution in [1.82, 2.24) is 5.43 Å². The number of carbonyl (C=O) groups excluding carboxylic acids is 1. The monoisotopic (exact) mass is 507 g/mol. The van der Waals surface area contributed by atoms with Gasteiger partial charge in [-0.2, -0.15) is 5.10 Å². The van der Waals surface area contributed by atoms with Crippen LogP contribution in [-0.4, -0.2) is 40.3 Å². The molecule has 0 saturated heterocycles. The van der Waals surface area contributed by atoms with E-state index in [4.69, 9.17) is 9.47 Å². The Labute approximate surface area is 211 Å². The molecule has 3 aromatic carbocycles. The lowest BCUT2D eigenvalue weighted by atomic mass is 10.2. The van der Waals surface area contributed by atoms with Gasteiger partial charge in [0, 0.05) is 0 Å². The molecule has 1 N–H and O–H groups in total. The average molecular weight is 508 g/mol. The molecule has 0 atom stereocenters. The minimum absolute atomic E-state index is 0.0643. The molecule has 1 amide bonds. The van der Waals surface area contributed by atoms with Gasteiger partial charge in [0.05, 0.1) is 23.4 Å². The normalized spacial score (nSPS) is 11.2. The Bertz CT molecular complexity index is 1300. The van der Waals surface area contributed by atoms with E-state index in [0.29, 0.717) is 24.7 Å². The molecule has 0 spiro atoms. The molecule has 0 aliphatic carbocycles. The van der Waals surface area contributed by atoms with Gasteiger partial charge in [-0.3, -0.25) is 9.10 Å². The summed E-state index contributed by atoms with van der Waals surface area (Å²) in [6, 6.07) is 20.2. The van der Waals surface area contributed by atoms with Gasteiger partial charge in [0.2, 0.25) is 0 Å². The molecule has 0 aliphatic heterocycles. The Morgan fingerprint density at radius 1 is 1.03 bits per heavy atom. The Balaban J connectivity index is 1.81. The summed E-state index contributed by atoms with van der Waals surface area (Å²) in [4.78, 5) is 12.9. The Kier molecular flexibility index (Phi) is 9.24. The van der Waals surface area contributed by atoms with E-state index in [1.54, 1.807) is 73.7 Å². The number of para-hydroxylation sites is 2. The van der Waals surface area contributed by atoms with Crippen molar-refractivity contribution >= 4 is 27.8 Å². The first kappa shape index (κ1) is 26.5. The molecule has 3 rings (SSSR count). The lowest BCUT2D eigenvalue weighted by Crippen LogP contribution is -2.39. The molecule has 36 heavy (non-hydrogen) atoms. The third-order valence-corrected chi connectivity index (χ3v) is 6.75. The molecule has 0 bridgehead atoms. The van der Waals surface area contributed by atoms with Crippen LogP contribution in [0.4, 0.5) is 5.69 Å². The zero-order valence-corrected chi connectivity index (χ0v) is 21.1. The molecule has 0 fully saturated rings. The van der Waals surface area contributed by atoms with Crippen molar-refractivity contribution in [3.63, 3.8) is 0 Å². The van der Waals surface area contributed by atoms with Gasteiger partial charge in [-0.05, 0) is 67.9 Å². The third kappa shape index (κ3) is 6.96. The number of hydrogen-bond acceptors (Lipinski definition) is 6. The summed E-state index contributed by atoms with van der Waals surface area (Å²) in [5, 5.41) is 3.97. The van der Waals surface area contributed by atoms with Crippen molar-refractivity contribution in [2.45, 2.75) is 18.7 Å². The predicted octanol–water partition coefficient (Wildman–Crippen LogP) is 4.30. The third-order valence-electron chi connectivity index (χ3n) is 4.98. The summed E-state index contributed by atoms with van der Waals surface area (Å²) in [6.45, 7) is 7.52. The molecule has 0 saturated carbocycles. The molecular weight excluding hydrogens is 478 g/mol. The van der Waals surface area contributed by atoms with E-state index in [0.717, 1.165) is 15.4 Å². The number of ether oxygens (including phenoxy) is 2. The van der Waals surface area contributed by atoms with Gasteiger partial charge in [0.1, 0.15) is 24.7 Å². The fourth-order valence-corrected chi connectivity index (χ4v) is 4.66. The highest BCUT2D eigenvalue weighted by Gasteiger charge is 2.29. The van der Waals surface area contributed by atoms with Crippen LogP contribution < -0.4 is 19.2 Å². The van der Waals surface area contributed by atoms with Crippen LogP contribution in [0.1, 0.15) is 18.1 Å². The smallest absolute Gasteiger partial charge is 0.264 e. The van der Waals surface area contributed by atoms with Crippen LogP contribution in [-0.2, 0) is 14.8 Å². The van der Waals surface area contributed by atoms with Gasteiger partial charge < -0.3 is 9.47 Å². The molecule has 188 valence electrons. The number of anilines is 1. The van der Waals surface area contributed by atoms with E-state index >= 15 is 0 Å². The molecule has 0 heterocycles. The Hall–Kier alpha value is -4.11. The summed E-state index contributed by atoms with van der Waals surface area (Å²) < 4.78 is 39.2. The number of amides is 1. The molecule has 0 radical (unpaired) electrons. The number of hydrogen-bond donors (Lipinski definition) is 1. The number of hydrazone groups is 1. The topological polar surface area (TPSA) is 97.3 Å². The van der Waals surface area contributed by atoms with Crippen molar-refractivity contribution in [3.05, 3.63) is 96.6 Å². The minimum atomic E-state index is -4.08. The maximum Gasteiger partial charge on any atom is 0.264 e. The van der Waals surface area contributed by atoms with Crippen LogP contribution >= 0.6 is 0 Å². The molecule has 0 aromatic heterocycles. The van der Waals surface area contributed by atoms with Gasteiger partial charge in [0.15, 0.2) is 0 Å². The maximum atomic E-state index is 13.6. The molecule has 0 aliphatic rings. The largest absolute Gasteiger partial charge is 0.492 e. The van der Waals surface area contributed by atoms with Crippen LogP contribution in [0.3, 0.4) is 0 Å². The lowest BCUT2D eigenvalue weighted by molar-refractivity contribution is -0.119. The summed E-state index contributed by atoms with van der Waals surface area (Å²) in [6.07, 6.45) is 3.11. The van der Waals surface area contributed by atoms with Crippen molar-refractivity contribution in [1.29, 1.82) is 0 Å². The Morgan fingerprint density at radius 2 is 1.72 bits per heavy atom. The fraction of sp³-hybridized carbons (Fsp3) is 0.185. The van der Waals surface area contributed by atoms with Crippen molar-refractivity contribution in [3.8, 4) is 11.5 Å². The van der Waals surface area contributed by atoms with E-state index in [1.165, 1.54) is 18.3 Å². The molecular formula is C27H29N3O5S. The first-order chi connectivity index (χ1) is 17.3. The van der Waals surface area contributed by atoms with Crippen LogP contribution in [0.25, 0.3) is 0 Å². The second kappa shape index (κ2) is 12.6. The summed E-state index contributed by atoms with van der Waals surface area (Å²) >= 11 is 0. The summed E-state index contributed by atoms with van der Waals surface area (Å²) in [5.74, 6) is 0.422. The van der Waals surface area contributed by atoms with Gasteiger partial charge >= 0.3 is 0 Å². The SMILES string of the molecule is C=CCOc1ccc(/C=N\NC(=O)CN(c2ccccc2OCC)S(=O)(=O)c2ccc(C)cc2)cc1. The number of nitrogens with zero attached hydrogens (tertiary/aromatic N) is 2. The number of nitrogens with one attached hydrogen (secondary N) is 1. The van der Waals surface area contributed by atoms with Crippen LogP contribution in [0, 0.1) is 6.92 Å². The van der Waals surface area contributed by atoms with E-state index < -0.39 is 22.5 Å². The highest BCUT2D eigenvalue weighted by Crippen LogP contribution is 2.32. The first-order valence-electron chi connectivity index (χ1n) is 11.3. The Morgan fingerprint density at radius 3 is 2.39 bits per heavy atom. The van der Waals surface area contributed by atoms with Gasteiger partial charge in [-0.15, -0.1) is 0 Å². The van der Waals surface area contributed by atoms with Crippen LogP contribution in [0.5, 0.6) is 11.5 Å². The predicted molar refractivity (Wildman–Crippen MR) is 141 cm³/mol. The fourth-order valence-electron chi connectivity index (χ4n) is 3.23. The lowest BCUT2D eigenvalue weighted by Gasteiger charge is -2.25. The summed E-state index contributed by atoms with van der Waals surface area (Å²) in [5.41, 5.74) is 4.31. The van der Waals surface area contributed by atoms with E-state index in [-0.39, 0.29) is 10.6 Å². The number of benzene rings is 3. The van der Waals surface area contributed by atoms with Gasteiger partial charge in [-0.1, -0.05) is 42.5 Å². The van der Waals surface area contributed by atoms with Crippen LogP contribution in [0.15, 0.2) is 95.4 Å². The maximum absolute atomic E-state index is 13.6. The molecule has 0 unspecified atom stereocenters. The number of carbonyl (C=O) groups is 1. The highest BCUT2D eigenvalue weighted by molar-refractivity contribution is 7.92. The van der Waals surface area contributed by atoms with Crippen LogP contribution in [0.2, 0.25) is 0 Å². The first-order valence-corrected chi connectivity index (χ1v) is 12.8. The number of sulfonamides is 1. The van der Waals surface area contributed by atoms with Crippen molar-refractivity contribution in [2.75, 3.05) is 24.1 Å². The number of aryl methyl sites for hydroxylation is 1. The second-order valence-corrected chi connectivity index (χ2v) is 9.55. The van der Waals surface area contributed by atoms with E-state index in [9.17, 15) is 13.2 Å². The molecule has 9 heteroatoms. The minimum Gasteiger partial charge on any atom is -0.492 e. The highest BCUT2D eigenvalue weighted by atomic mass is 32.2. The quantitative estimate of drug-likeness (QED) is 0.224. The molecule has 3 aromatic rings. The van der Waals surface area contributed by atoms with Gasteiger partial charge in [-0.25, -0.2) is 13.8 Å². The zero-order chi connectivity index (χ0) is 26.0. The van der Waals surface area contributed by atoms with E-state index in [1.807, 2.05) is 6.92 Å². The average Bonchev–Trinajstić information content (AvgIpc) is 2.88. The second-order valence-electron chi connectivity index (χ2n) is 7.69. The molecule has 8 nitrogen and oxygen atoms in total. The zero-order valence-electron chi connectivity index (χ0n) is 20.3. The number of rotatable bonds is 12. The summed E-state index contributed by atoms with van der Waals surface area (Å²) in [7, 11) is -4.08. The standard InChI is InChI=1S/C27H29N3O5S/c1-4-18-35-23-14-12-22(13-15-23)19-28-29-27(31)20-30(25-8-6-7-9-26(25)34-5-2)36(32,33)24-16-10-21(3)11-17-24/h4,6-17,19H,1,5,18,20H2,2-3H3,(H,29,31)/b28-19-. The van der Waals surface area contributed by atoms with Gasteiger partial charge in [0.25, 0.3) is 15.9 Å². The van der Waals surface area contributed by atoms with Crippen molar-refractivity contribution < 1.29 is 22.7 Å². The van der Waals surface area contributed by atoms with Crippen molar-refractivity contribution in [2.24, 2.45) is 5.10 Å². The van der Waals surface area contributed by atoms with E-state index in [2.05, 4.69) is 17.1 Å².